The number of rotatable bonds is 3. The van der Waals surface area contributed by atoms with Gasteiger partial charge in [0.15, 0.2) is 0 Å². The topological polar surface area (TPSA) is 115 Å². The molecule has 0 fully saturated rings. The number of benzene rings is 1. The summed E-state index contributed by atoms with van der Waals surface area (Å²) in [5, 5.41) is 22.2. The molecule has 1 aromatic rings. The SMILES string of the molecule is O=C(Nc1ccc([N+](=O)[O-])cc1[N+](=O)[O-])C(F)(F)F. The third-order valence-electron chi connectivity index (χ3n) is 1.89. The number of nitro groups is 2. The Kier molecular flexibility index (Phi) is 3.68. The molecule has 19 heavy (non-hydrogen) atoms. The second-order valence-electron chi connectivity index (χ2n) is 3.17. The first-order chi connectivity index (χ1) is 8.62. The van der Waals surface area contributed by atoms with E-state index in [2.05, 4.69) is 0 Å². The molecular weight excluding hydrogens is 275 g/mol. The molecule has 0 aliphatic heterocycles. The van der Waals surface area contributed by atoms with Crippen molar-refractivity contribution in [1.29, 1.82) is 0 Å². The second kappa shape index (κ2) is 4.88. The van der Waals surface area contributed by atoms with E-state index in [-0.39, 0.29) is 0 Å². The molecule has 0 atom stereocenters. The van der Waals surface area contributed by atoms with Crippen molar-refractivity contribution >= 4 is 23.0 Å². The molecule has 0 spiro atoms. The lowest BCUT2D eigenvalue weighted by molar-refractivity contribution is -0.393. The molecule has 1 amide bonds. The number of carbonyl (C=O) groups is 1. The van der Waals surface area contributed by atoms with Crippen molar-refractivity contribution in [2.24, 2.45) is 0 Å². The van der Waals surface area contributed by atoms with Gasteiger partial charge in [0.1, 0.15) is 5.69 Å². The van der Waals surface area contributed by atoms with Crippen LogP contribution in [-0.4, -0.2) is 21.9 Å². The summed E-state index contributed by atoms with van der Waals surface area (Å²) in [4.78, 5) is 29.5. The van der Waals surface area contributed by atoms with E-state index in [1.165, 1.54) is 5.32 Å². The van der Waals surface area contributed by atoms with E-state index < -0.39 is 39.0 Å². The number of hydrogen-bond donors (Lipinski definition) is 1. The maximum atomic E-state index is 12.0. The summed E-state index contributed by atoms with van der Waals surface area (Å²) in [5.41, 5.74) is -2.47. The van der Waals surface area contributed by atoms with Gasteiger partial charge in [0, 0.05) is 6.07 Å². The highest BCUT2D eigenvalue weighted by molar-refractivity contribution is 5.97. The number of nitrogens with one attached hydrogen (secondary N) is 1. The van der Waals surface area contributed by atoms with Crippen LogP contribution in [0.5, 0.6) is 0 Å². The van der Waals surface area contributed by atoms with E-state index in [9.17, 15) is 38.2 Å². The summed E-state index contributed by atoms with van der Waals surface area (Å²) < 4.78 is 36.0. The fourth-order valence-corrected chi connectivity index (χ4v) is 1.08. The summed E-state index contributed by atoms with van der Waals surface area (Å²) in [6.07, 6.45) is -5.23. The standard InChI is InChI=1S/C8H4F3N3O5/c9-8(10,11)7(15)12-5-2-1-4(13(16)17)3-6(5)14(18)19/h1-3H,(H,12,15). The van der Waals surface area contributed by atoms with E-state index in [0.29, 0.717) is 12.1 Å². The van der Waals surface area contributed by atoms with Gasteiger partial charge >= 0.3 is 12.1 Å². The van der Waals surface area contributed by atoms with Crippen LogP contribution in [0.2, 0.25) is 0 Å². The van der Waals surface area contributed by atoms with Gasteiger partial charge in [-0.25, -0.2) is 0 Å². The van der Waals surface area contributed by atoms with Gasteiger partial charge in [-0.15, -0.1) is 0 Å². The van der Waals surface area contributed by atoms with E-state index >= 15 is 0 Å². The van der Waals surface area contributed by atoms with Crippen LogP contribution in [0.25, 0.3) is 0 Å². The Morgan fingerprint density at radius 2 is 1.74 bits per heavy atom. The fourth-order valence-electron chi connectivity index (χ4n) is 1.08. The van der Waals surface area contributed by atoms with Crippen molar-refractivity contribution in [3.8, 4) is 0 Å². The van der Waals surface area contributed by atoms with Gasteiger partial charge in [0.25, 0.3) is 11.4 Å². The summed E-state index contributed by atoms with van der Waals surface area (Å²) in [6.45, 7) is 0. The first-order valence-electron chi connectivity index (χ1n) is 4.44. The van der Waals surface area contributed by atoms with Crippen LogP contribution in [0.15, 0.2) is 18.2 Å². The summed E-state index contributed by atoms with van der Waals surface area (Å²) >= 11 is 0. The zero-order valence-corrected chi connectivity index (χ0v) is 8.80. The number of amides is 1. The number of alkyl halides is 3. The molecule has 102 valence electrons. The average molecular weight is 279 g/mol. The molecule has 0 aromatic heterocycles. The number of halogens is 3. The quantitative estimate of drug-likeness (QED) is 0.671. The Morgan fingerprint density at radius 1 is 1.16 bits per heavy atom. The van der Waals surface area contributed by atoms with Crippen LogP contribution in [0, 0.1) is 20.2 Å². The van der Waals surface area contributed by atoms with Crippen molar-refractivity contribution in [2.45, 2.75) is 6.18 Å². The van der Waals surface area contributed by atoms with Crippen molar-refractivity contribution in [1.82, 2.24) is 0 Å². The number of anilines is 1. The Hall–Kier alpha value is -2.72. The van der Waals surface area contributed by atoms with E-state index in [1.54, 1.807) is 0 Å². The lowest BCUT2D eigenvalue weighted by Gasteiger charge is -2.07. The average Bonchev–Trinajstić information content (AvgIpc) is 2.27. The number of nitrogens with zero attached hydrogens (tertiary/aromatic N) is 2. The molecule has 11 heteroatoms. The van der Waals surface area contributed by atoms with Crippen molar-refractivity contribution < 1.29 is 27.8 Å². The van der Waals surface area contributed by atoms with Crippen LogP contribution in [0.3, 0.4) is 0 Å². The largest absolute Gasteiger partial charge is 0.471 e. The number of carbonyl (C=O) groups excluding carboxylic acids is 1. The molecule has 1 N–H and O–H groups in total. The van der Waals surface area contributed by atoms with Gasteiger partial charge in [0.2, 0.25) is 0 Å². The minimum Gasteiger partial charge on any atom is -0.312 e. The van der Waals surface area contributed by atoms with E-state index in [4.69, 9.17) is 0 Å². The number of non-ortho nitro benzene ring substituents is 1. The van der Waals surface area contributed by atoms with Crippen LogP contribution < -0.4 is 5.32 Å². The van der Waals surface area contributed by atoms with E-state index in [0.717, 1.165) is 6.07 Å². The summed E-state index contributed by atoms with van der Waals surface area (Å²) in [7, 11) is 0. The number of nitro benzene ring substituents is 2. The molecule has 0 heterocycles. The maximum Gasteiger partial charge on any atom is 0.471 e. The highest BCUT2D eigenvalue weighted by Gasteiger charge is 2.39. The third kappa shape index (κ3) is 3.37. The molecule has 0 bridgehead atoms. The molecule has 0 unspecified atom stereocenters. The molecule has 0 saturated carbocycles. The van der Waals surface area contributed by atoms with Crippen LogP contribution in [0.1, 0.15) is 0 Å². The molecule has 0 aliphatic carbocycles. The zero-order valence-electron chi connectivity index (χ0n) is 8.80. The predicted octanol–water partition coefficient (Wildman–Crippen LogP) is 2.00. The van der Waals surface area contributed by atoms with Gasteiger partial charge < -0.3 is 5.32 Å². The first-order valence-corrected chi connectivity index (χ1v) is 4.44. The van der Waals surface area contributed by atoms with Crippen LogP contribution in [0.4, 0.5) is 30.2 Å². The predicted molar refractivity (Wildman–Crippen MR) is 54.4 cm³/mol. The van der Waals surface area contributed by atoms with Crippen molar-refractivity contribution in [2.75, 3.05) is 5.32 Å². The zero-order chi connectivity index (χ0) is 14.8. The highest BCUT2D eigenvalue weighted by atomic mass is 19.4. The summed E-state index contributed by atoms with van der Waals surface area (Å²) in [6, 6.07) is 1.84. The van der Waals surface area contributed by atoms with Gasteiger partial charge in [-0.2, -0.15) is 13.2 Å². The first kappa shape index (κ1) is 14.3. The van der Waals surface area contributed by atoms with Crippen LogP contribution >= 0.6 is 0 Å². The normalized spacial score (nSPS) is 10.9. The molecule has 1 aromatic carbocycles. The molecule has 0 aliphatic rings. The molecule has 8 nitrogen and oxygen atoms in total. The lowest BCUT2D eigenvalue weighted by Crippen LogP contribution is -2.30. The second-order valence-corrected chi connectivity index (χ2v) is 3.17. The van der Waals surface area contributed by atoms with Crippen molar-refractivity contribution in [3.63, 3.8) is 0 Å². The van der Waals surface area contributed by atoms with E-state index in [1.807, 2.05) is 0 Å². The molecule has 0 radical (unpaired) electrons. The third-order valence-corrected chi connectivity index (χ3v) is 1.89. The Bertz CT molecular complexity index is 557. The number of hydrogen-bond acceptors (Lipinski definition) is 5. The van der Waals surface area contributed by atoms with Gasteiger partial charge in [0.05, 0.1) is 15.9 Å². The van der Waals surface area contributed by atoms with Gasteiger partial charge in [-0.1, -0.05) is 0 Å². The Labute approximate surface area is 102 Å². The molecule has 0 saturated heterocycles. The Morgan fingerprint density at radius 3 is 2.16 bits per heavy atom. The minimum atomic E-state index is -5.23. The van der Waals surface area contributed by atoms with Gasteiger partial charge in [-0.05, 0) is 6.07 Å². The maximum absolute atomic E-state index is 12.0. The monoisotopic (exact) mass is 279 g/mol. The fraction of sp³-hybridized carbons (Fsp3) is 0.125. The molecule has 1 rings (SSSR count). The smallest absolute Gasteiger partial charge is 0.312 e. The molecular formula is C8H4F3N3O5. The Balaban J connectivity index is 3.18. The highest BCUT2D eigenvalue weighted by Crippen LogP contribution is 2.30. The minimum absolute atomic E-state index is 0.450. The summed E-state index contributed by atoms with van der Waals surface area (Å²) in [5.74, 6) is -2.41. The van der Waals surface area contributed by atoms with Gasteiger partial charge in [-0.3, -0.25) is 25.0 Å². The van der Waals surface area contributed by atoms with Crippen LogP contribution in [-0.2, 0) is 4.79 Å². The lowest BCUT2D eigenvalue weighted by atomic mass is 10.2. The van der Waals surface area contributed by atoms with Crippen molar-refractivity contribution in [3.05, 3.63) is 38.4 Å².